The van der Waals surface area contributed by atoms with Crippen molar-refractivity contribution in [2.75, 3.05) is 10.6 Å². The van der Waals surface area contributed by atoms with Gasteiger partial charge in [-0.3, -0.25) is 9.59 Å². The van der Waals surface area contributed by atoms with Crippen molar-refractivity contribution in [2.45, 2.75) is 19.8 Å². The molecule has 0 aliphatic carbocycles. The van der Waals surface area contributed by atoms with Crippen LogP contribution in [-0.2, 0) is 4.79 Å². The molecule has 0 radical (unpaired) electrons. The monoisotopic (exact) mass is 314 g/mol. The minimum Gasteiger partial charge on any atom is -0.399 e. The number of halogens is 1. The van der Waals surface area contributed by atoms with Gasteiger partial charge < -0.3 is 5.73 Å². The predicted octanol–water partition coefficient (Wildman–Crippen LogP) is 3.52. The van der Waals surface area contributed by atoms with Crippen molar-refractivity contribution in [1.29, 1.82) is 0 Å². The fourth-order valence-electron chi connectivity index (χ4n) is 2.73. The number of anilines is 2. The van der Waals surface area contributed by atoms with Crippen molar-refractivity contribution < 1.29 is 9.59 Å². The molecule has 0 spiro atoms. The van der Waals surface area contributed by atoms with Crippen LogP contribution in [0.4, 0.5) is 11.4 Å². The average Bonchev–Trinajstić information content (AvgIpc) is 2.48. The first-order valence-electron chi connectivity index (χ1n) is 6.94. The molecule has 112 valence electrons. The molecule has 5 heteroatoms. The van der Waals surface area contributed by atoms with Crippen LogP contribution < -0.4 is 10.6 Å². The molecule has 0 bridgehead atoms. The van der Waals surface area contributed by atoms with Gasteiger partial charge in [0.1, 0.15) is 0 Å². The number of carbonyl (C=O) groups is 2. The van der Waals surface area contributed by atoms with E-state index >= 15 is 0 Å². The second-order valence-electron chi connectivity index (χ2n) is 5.48. The third-order valence-electron chi connectivity index (χ3n) is 3.98. The molecule has 0 saturated carbocycles. The molecule has 22 heavy (non-hydrogen) atoms. The van der Waals surface area contributed by atoms with E-state index in [1.165, 1.54) is 4.90 Å². The van der Waals surface area contributed by atoms with Crippen LogP contribution in [0.15, 0.2) is 36.4 Å². The van der Waals surface area contributed by atoms with Gasteiger partial charge in [0.25, 0.3) is 5.91 Å². The van der Waals surface area contributed by atoms with Crippen molar-refractivity contribution in [3.63, 3.8) is 0 Å². The van der Waals surface area contributed by atoms with Gasteiger partial charge in [-0.25, -0.2) is 4.90 Å². The molecule has 2 aromatic rings. The predicted molar refractivity (Wildman–Crippen MR) is 87.3 cm³/mol. The van der Waals surface area contributed by atoms with Gasteiger partial charge in [-0.05, 0) is 49.2 Å². The van der Waals surface area contributed by atoms with Gasteiger partial charge in [0.05, 0.1) is 11.6 Å². The molecule has 1 heterocycles. The zero-order chi connectivity index (χ0) is 16.0. The number of imide groups is 1. The summed E-state index contributed by atoms with van der Waals surface area (Å²) < 4.78 is 0. The zero-order valence-corrected chi connectivity index (χ0v) is 13.0. The van der Waals surface area contributed by atoms with E-state index in [4.69, 9.17) is 17.3 Å². The lowest BCUT2D eigenvalue weighted by atomic mass is 9.89. The standard InChI is InChI=1S/C17H15ClN2O2/c1-9-3-5-12(19)8-15(9)20-16(21)10(2)13-6-4-11(18)7-14(13)17(20)22/h3-8,10H,19H2,1-2H3. The second kappa shape index (κ2) is 5.14. The third-order valence-corrected chi connectivity index (χ3v) is 4.22. The lowest BCUT2D eigenvalue weighted by molar-refractivity contribution is -0.119. The van der Waals surface area contributed by atoms with Crippen molar-refractivity contribution in [3.05, 3.63) is 58.1 Å². The Labute approximate surface area is 133 Å². The lowest BCUT2D eigenvalue weighted by Crippen LogP contribution is -2.44. The largest absolute Gasteiger partial charge is 0.399 e. The van der Waals surface area contributed by atoms with E-state index in [1.807, 2.05) is 6.92 Å². The molecule has 2 aromatic carbocycles. The molecule has 1 atom stereocenters. The zero-order valence-electron chi connectivity index (χ0n) is 12.3. The van der Waals surface area contributed by atoms with E-state index in [0.717, 1.165) is 5.56 Å². The molecule has 2 amide bonds. The number of hydrogen-bond acceptors (Lipinski definition) is 3. The Morgan fingerprint density at radius 1 is 1.14 bits per heavy atom. The van der Waals surface area contributed by atoms with Gasteiger partial charge in [0.2, 0.25) is 5.91 Å². The highest BCUT2D eigenvalue weighted by molar-refractivity contribution is 6.32. The summed E-state index contributed by atoms with van der Waals surface area (Å²) in [5.41, 5.74) is 8.81. The third kappa shape index (κ3) is 2.16. The highest BCUT2D eigenvalue weighted by atomic mass is 35.5. The second-order valence-corrected chi connectivity index (χ2v) is 5.91. The minimum atomic E-state index is -0.411. The summed E-state index contributed by atoms with van der Waals surface area (Å²) in [6, 6.07) is 10.2. The Kier molecular flexibility index (Phi) is 3.41. The Morgan fingerprint density at radius 2 is 1.86 bits per heavy atom. The Hall–Kier alpha value is -2.33. The van der Waals surface area contributed by atoms with Crippen LogP contribution in [0.25, 0.3) is 0 Å². The molecule has 1 unspecified atom stereocenters. The van der Waals surface area contributed by atoms with Crippen LogP contribution in [0.3, 0.4) is 0 Å². The average molecular weight is 315 g/mol. The number of carbonyl (C=O) groups excluding carboxylic acids is 2. The summed E-state index contributed by atoms with van der Waals surface area (Å²) in [5.74, 6) is -1.03. The van der Waals surface area contributed by atoms with E-state index in [1.54, 1.807) is 43.3 Å². The van der Waals surface area contributed by atoms with Crippen LogP contribution in [0.5, 0.6) is 0 Å². The van der Waals surface area contributed by atoms with E-state index < -0.39 is 5.92 Å². The fraction of sp³-hybridized carbons (Fsp3) is 0.176. The molecule has 0 saturated heterocycles. The topological polar surface area (TPSA) is 63.4 Å². The van der Waals surface area contributed by atoms with Gasteiger partial charge >= 0.3 is 0 Å². The van der Waals surface area contributed by atoms with Crippen LogP contribution in [0, 0.1) is 6.92 Å². The maximum atomic E-state index is 12.8. The molecule has 1 aliphatic heterocycles. The number of rotatable bonds is 1. The number of nitrogens with zero attached hydrogens (tertiary/aromatic N) is 1. The van der Waals surface area contributed by atoms with E-state index in [9.17, 15) is 9.59 Å². The number of nitrogens with two attached hydrogens (primary N) is 1. The Morgan fingerprint density at radius 3 is 2.59 bits per heavy atom. The maximum Gasteiger partial charge on any atom is 0.265 e. The SMILES string of the molecule is Cc1ccc(N)cc1N1C(=O)c2cc(Cl)ccc2C(C)C1=O. The number of amides is 2. The Balaban J connectivity index is 2.20. The van der Waals surface area contributed by atoms with Gasteiger partial charge in [-0.2, -0.15) is 0 Å². The number of aryl methyl sites for hydroxylation is 1. The van der Waals surface area contributed by atoms with Crippen molar-refractivity contribution in [2.24, 2.45) is 0 Å². The molecule has 1 aliphatic rings. The molecular weight excluding hydrogens is 300 g/mol. The van der Waals surface area contributed by atoms with Crippen molar-refractivity contribution >= 4 is 34.8 Å². The minimum absolute atomic E-state index is 0.256. The molecule has 0 aromatic heterocycles. The maximum absolute atomic E-state index is 12.8. The van der Waals surface area contributed by atoms with Crippen LogP contribution in [0.1, 0.15) is 34.3 Å². The van der Waals surface area contributed by atoms with Gasteiger partial charge in [-0.1, -0.05) is 23.7 Å². The quantitative estimate of drug-likeness (QED) is 0.647. The summed E-state index contributed by atoms with van der Waals surface area (Å²) in [6.07, 6.45) is 0. The number of fused-ring (bicyclic) bond motifs is 1. The van der Waals surface area contributed by atoms with Crippen LogP contribution in [0.2, 0.25) is 5.02 Å². The van der Waals surface area contributed by atoms with Crippen LogP contribution >= 0.6 is 11.6 Å². The lowest BCUT2D eigenvalue weighted by Gasteiger charge is -2.32. The first-order valence-corrected chi connectivity index (χ1v) is 7.32. The molecular formula is C17H15ClN2O2. The first kappa shape index (κ1) is 14.6. The smallest absolute Gasteiger partial charge is 0.265 e. The summed E-state index contributed by atoms with van der Waals surface area (Å²) in [4.78, 5) is 26.7. The number of benzene rings is 2. The number of hydrogen-bond donors (Lipinski definition) is 1. The first-order chi connectivity index (χ1) is 10.4. The highest BCUT2D eigenvalue weighted by Gasteiger charge is 2.37. The van der Waals surface area contributed by atoms with Gasteiger partial charge in [0, 0.05) is 16.3 Å². The summed E-state index contributed by atoms with van der Waals surface area (Å²) in [6.45, 7) is 3.63. The fourth-order valence-corrected chi connectivity index (χ4v) is 2.91. The van der Waals surface area contributed by atoms with Crippen molar-refractivity contribution in [3.8, 4) is 0 Å². The van der Waals surface area contributed by atoms with Gasteiger partial charge in [-0.15, -0.1) is 0 Å². The van der Waals surface area contributed by atoms with Gasteiger partial charge in [0.15, 0.2) is 0 Å². The van der Waals surface area contributed by atoms with E-state index in [2.05, 4.69) is 0 Å². The number of nitrogen functional groups attached to an aromatic ring is 1. The van der Waals surface area contributed by atoms with E-state index in [-0.39, 0.29) is 11.8 Å². The summed E-state index contributed by atoms with van der Waals surface area (Å²) in [7, 11) is 0. The normalized spacial score (nSPS) is 17.6. The molecule has 4 nitrogen and oxygen atoms in total. The molecule has 0 fully saturated rings. The molecule has 2 N–H and O–H groups in total. The molecule has 3 rings (SSSR count). The van der Waals surface area contributed by atoms with Crippen molar-refractivity contribution in [1.82, 2.24) is 0 Å². The van der Waals surface area contributed by atoms with Crippen LogP contribution in [-0.4, -0.2) is 11.8 Å². The van der Waals surface area contributed by atoms with E-state index in [0.29, 0.717) is 27.5 Å². The summed E-state index contributed by atoms with van der Waals surface area (Å²) >= 11 is 6.00. The highest BCUT2D eigenvalue weighted by Crippen LogP contribution is 2.35. The summed E-state index contributed by atoms with van der Waals surface area (Å²) in [5, 5.41) is 0.470. The Bertz CT molecular complexity index is 801.